The molecule has 2 heterocycles. The van der Waals surface area contributed by atoms with Crippen LogP contribution in [0.15, 0.2) is 22.7 Å². The number of rotatable bonds is 6. The molecule has 0 fully saturated rings. The normalized spacial score (nSPS) is 11.2. The molecule has 0 unspecified atom stereocenters. The molecule has 20 heavy (non-hydrogen) atoms. The lowest BCUT2D eigenvalue weighted by atomic mass is 10.5. The second-order valence-corrected chi connectivity index (χ2v) is 6.62. The van der Waals surface area contributed by atoms with Gasteiger partial charge in [0.15, 0.2) is 5.00 Å². The van der Waals surface area contributed by atoms with Crippen LogP contribution >= 0.6 is 11.3 Å². The Morgan fingerprint density at radius 2 is 2.30 bits per heavy atom. The third kappa shape index (κ3) is 2.88. The van der Waals surface area contributed by atoms with E-state index in [0.717, 1.165) is 17.4 Å². The predicted octanol–water partition coefficient (Wildman–Crippen LogP) is 1.61. The van der Waals surface area contributed by atoms with Gasteiger partial charge in [0.05, 0.1) is 16.8 Å². The van der Waals surface area contributed by atoms with E-state index in [0.29, 0.717) is 6.54 Å². The van der Waals surface area contributed by atoms with Crippen LogP contribution in [-0.4, -0.2) is 30.1 Å². The topological polar surface area (TPSA) is 130 Å². The number of hydrogen-bond donors (Lipinski definition) is 3. The minimum atomic E-state index is -3.87. The summed E-state index contributed by atoms with van der Waals surface area (Å²) in [4.78, 5) is 10.3. The highest BCUT2D eigenvalue weighted by molar-refractivity contribution is 7.94. The minimum Gasteiger partial charge on any atom is -0.372 e. The summed E-state index contributed by atoms with van der Waals surface area (Å²) in [6.45, 7) is 2.22. The molecule has 0 aliphatic rings. The van der Waals surface area contributed by atoms with Gasteiger partial charge >= 0.3 is 5.69 Å². The molecule has 2 aromatic heterocycles. The Hall–Kier alpha value is -2.14. The van der Waals surface area contributed by atoms with Gasteiger partial charge in [0.1, 0.15) is 4.21 Å². The number of nitro groups is 1. The Morgan fingerprint density at radius 1 is 1.55 bits per heavy atom. The summed E-state index contributed by atoms with van der Waals surface area (Å²) >= 11 is 0.807. The first-order valence-corrected chi connectivity index (χ1v) is 7.77. The van der Waals surface area contributed by atoms with Crippen molar-refractivity contribution < 1.29 is 13.3 Å². The number of aromatic nitrogens is 2. The van der Waals surface area contributed by atoms with Gasteiger partial charge in [0.25, 0.3) is 10.0 Å². The van der Waals surface area contributed by atoms with Crippen molar-refractivity contribution in [2.45, 2.75) is 11.1 Å². The third-order valence-electron chi connectivity index (χ3n) is 2.24. The molecule has 0 radical (unpaired) electrons. The van der Waals surface area contributed by atoms with Gasteiger partial charge in [-0.1, -0.05) is 11.3 Å². The molecule has 0 bridgehead atoms. The van der Waals surface area contributed by atoms with Gasteiger partial charge in [-0.25, -0.2) is 8.42 Å². The fraction of sp³-hybridized carbons (Fsp3) is 0.222. The van der Waals surface area contributed by atoms with Crippen LogP contribution in [0.1, 0.15) is 6.92 Å². The summed E-state index contributed by atoms with van der Waals surface area (Å²) in [5, 5.41) is 20.0. The molecule has 0 saturated carbocycles. The van der Waals surface area contributed by atoms with Gasteiger partial charge < -0.3 is 5.32 Å². The molecule has 0 atom stereocenters. The summed E-state index contributed by atoms with van der Waals surface area (Å²) in [5.41, 5.74) is -0.00419. The maximum absolute atomic E-state index is 12.1. The molecule has 9 nitrogen and oxygen atoms in total. The lowest BCUT2D eigenvalue weighted by Gasteiger charge is -2.01. The number of hydrogen-bond acceptors (Lipinski definition) is 7. The van der Waals surface area contributed by atoms with Crippen LogP contribution in [0, 0.1) is 10.1 Å². The van der Waals surface area contributed by atoms with E-state index in [-0.39, 0.29) is 20.6 Å². The number of H-pyrrole nitrogens is 1. The summed E-state index contributed by atoms with van der Waals surface area (Å²) in [6, 6.07) is 1.03. The Bertz CT molecular complexity index is 707. The zero-order valence-electron chi connectivity index (χ0n) is 10.3. The van der Waals surface area contributed by atoms with Gasteiger partial charge in [-0.3, -0.25) is 19.9 Å². The predicted molar refractivity (Wildman–Crippen MR) is 74.5 cm³/mol. The number of sulfonamides is 1. The maximum Gasteiger partial charge on any atom is 0.304 e. The van der Waals surface area contributed by atoms with E-state index in [4.69, 9.17) is 0 Å². The van der Waals surface area contributed by atoms with Gasteiger partial charge in [-0.2, -0.15) is 5.10 Å². The third-order valence-corrected chi connectivity index (χ3v) is 5.18. The van der Waals surface area contributed by atoms with Crippen molar-refractivity contribution in [1.29, 1.82) is 0 Å². The molecule has 2 rings (SSSR count). The lowest BCUT2D eigenvalue weighted by molar-refractivity contribution is -0.383. The van der Waals surface area contributed by atoms with Crippen molar-refractivity contribution >= 4 is 37.7 Å². The number of aromatic amines is 1. The summed E-state index contributed by atoms with van der Waals surface area (Å²) in [6.07, 6.45) is 2.66. The van der Waals surface area contributed by atoms with Crippen molar-refractivity contribution in [3.8, 4) is 0 Å². The minimum absolute atomic E-state index is 0.138. The Morgan fingerprint density at radius 3 is 2.85 bits per heavy atom. The molecule has 0 aliphatic heterocycles. The standard InChI is InChI=1S/C9H11N5O4S2/c1-2-10-9-7(14(15)16)3-8(19-9)20(17,18)13-6-4-11-12-5-6/h3-5,10,13H,2H2,1H3,(H,11,12). The van der Waals surface area contributed by atoms with Crippen LogP contribution in [0.25, 0.3) is 0 Å². The lowest BCUT2D eigenvalue weighted by Crippen LogP contribution is -2.10. The van der Waals surface area contributed by atoms with Crippen molar-refractivity contribution in [1.82, 2.24) is 10.2 Å². The van der Waals surface area contributed by atoms with Gasteiger partial charge in [0.2, 0.25) is 0 Å². The van der Waals surface area contributed by atoms with Crippen molar-refractivity contribution in [2.75, 3.05) is 16.6 Å². The number of nitrogens with one attached hydrogen (secondary N) is 3. The summed E-state index contributed by atoms with van der Waals surface area (Å²) in [7, 11) is -3.87. The average molecular weight is 317 g/mol. The van der Waals surface area contributed by atoms with Gasteiger partial charge in [-0.05, 0) is 6.92 Å². The maximum atomic E-state index is 12.1. The molecule has 3 N–H and O–H groups in total. The van der Waals surface area contributed by atoms with E-state index in [1.807, 2.05) is 0 Å². The molecule has 0 spiro atoms. The Labute approximate surface area is 118 Å². The van der Waals surface area contributed by atoms with E-state index >= 15 is 0 Å². The highest BCUT2D eigenvalue weighted by atomic mass is 32.2. The van der Waals surface area contributed by atoms with E-state index in [1.165, 1.54) is 12.4 Å². The quantitative estimate of drug-likeness (QED) is 0.548. The molecule has 0 aromatic carbocycles. The van der Waals surface area contributed by atoms with E-state index in [2.05, 4.69) is 20.2 Å². The second-order valence-electron chi connectivity index (χ2n) is 3.66. The van der Waals surface area contributed by atoms with E-state index in [1.54, 1.807) is 6.92 Å². The highest BCUT2D eigenvalue weighted by Crippen LogP contribution is 2.37. The monoisotopic (exact) mass is 317 g/mol. The first-order valence-electron chi connectivity index (χ1n) is 5.47. The summed E-state index contributed by atoms with van der Waals surface area (Å²) < 4.78 is 26.3. The molecular formula is C9H11N5O4S2. The largest absolute Gasteiger partial charge is 0.372 e. The van der Waals surface area contributed by atoms with Crippen LogP contribution in [0.4, 0.5) is 16.4 Å². The molecule has 108 valence electrons. The molecule has 0 amide bonds. The fourth-order valence-corrected chi connectivity index (χ4v) is 3.86. The van der Waals surface area contributed by atoms with Crippen LogP contribution in [0.5, 0.6) is 0 Å². The average Bonchev–Trinajstić information content (AvgIpc) is 2.98. The van der Waals surface area contributed by atoms with Crippen LogP contribution in [0.2, 0.25) is 0 Å². The molecule has 0 saturated heterocycles. The van der Waals surface area contributed by atoms with Crippen LogP contribution in [-0.2, 0) is 10.0 Å². The number of nitrogens with zero attached hydrogens (tertiary/aromatic N) is 2. The first-order chi connectivity index (χ1) is 9.44. The highest BCUT2D eigenvalue weighted by Gasteiger charge is 2.26. The number of anilines is 2. The molecule has 0 aliphatic carbocycles. The molecule has 2 aromatic rings. The SMILES string of the molecule is CCNc1sc(S(=O)(=O)Nc2cn[nH]c2)cc1[N+](=O)[O-]. The molecular weight excluding hydrogens is 306 g/mol. The zero-order valence-corrected chi connectivity index (χ0v) is 11.9. The van der Waals surface area contributed by atoms with E-state index in [9.17, 15) is 18.5 Å². The van der Waals surface area contributed by atoms with Crippen LogP contribution < -0.4 is 10.0 Å². The van der Waals surface area contributed by atoms with Crippen LogP contribution in [0.3, 0.4) is 0 Å². The zero-order chi connectivity index (χ0) is 14.8. The van der Waals surface area contributed by atoms with E-state index < -0.39 is 14.9 Å². The summed E-state index contributed by atoms with van der Waals surface area (Å²) in [5.74, 6) is 0. The van der Waals surface area contributed by atoms with Gasteiger partial charge in [0, 0.05) is 18.8 Å². The molecule has 11 heteroatoms. The second kappa shape index (κ2) is 5.46. The smallest absolute Gasteiger partial charge is 0.304 e. The fourth-order valence-electron chi connectivity index (χ4n) is 1.43. The van der Waals surface area contributed by atoms with Crippen molar-refractivity contribution in [2.24, 2.45) is 0 Å². The number of thiophene rings is 1. The Kier molecular flexibility index (Phi) is 3.90. The first kappa shape index (κ1) is 14.3. The van der Waals surface area contributed by atoms with Crippen molar-refractivity contribution in [3.05, 3.63) is 28.6 Å². The Balaban J connectivity index is 2.36. The van der Waals surface area contributed by atoms with Crippen molar-refractivity contribution in [3.63, 3.8) is 0 Å². The van der Waals surface area contributed by atoms with Gasteiger partial charge in [-0.15, -0.1) is 0 Å².